The highest BCUT2D eigenvalue weighted by Crippen LogP contribution is 2.32. The van der Waals surface area contributed by atoms with Gasteiger partial charge < -0.3 is 4.98 Å². The van der Waals surface area contributed by atoms with Crippen molar-refractivity contribution in [3.8, 4) is 23.7 Å². The van der Waals surface area contributed by atoms with E-state index in [9.17, 15) is 0 Å². The Morgan fingerprint density at radius 1 is 1.12 bits per heavy atom. The molecule has 0 aliphatic heterocycles. The zero-order valence-electron chi connectivity index (χ0n) is 14.8. The number of H-pyrrole nitrogens is 2. The van der Waals surface area contributed by atoms with Gasteiger partial charge >= 0.3 is 0 Å². The Kier molecular flexibility index (Phi) is 3.95. The lowest BCUT2D eigenvalue weighted by molar-refractivity contribution is 1.12. The largest absolute Gasteiger partial charge is 0.353 e. The molecule has 0 amide bonds. The third kappa shape index (κ3) is 2.62. The van der Waals surface area contributed by atoms with Crippen molar-refractivity contribution in [2.75, 3.05) is 0 Å². The van der Waals surface area contributed by atoms with E-state index in [1.54, 1.807) is 6.08 Å². The van der Waals surface area contributed by atoms with Gasteiger partial charge in [-0.3, -0.25) is 5.10 Å². The van der Waals surface area contributed by atoms with Crippen LogP contribution in [0.3, 0.4) is 0 Å². The van der Waals surface area contributed by atoms with Crippen molar-refractivity contribution < 1.29 is 0 Å². The molecule has 3 nitrogen and oxygen atoms in total. The molecule has 26 heavy (non-hydrogen) atoms. The summed E-state index contributed by atoms with van der Waals surface area (Å²) in [6, 6.07) is 16.7. The molecule has 3 heteroatoms. The SMILES string of the molecule is C#C/C=C(C)\C(=C/C)c1ccc2[nH]nc(-c3cc4ccccc4[nH]3)c2c1. The Balaban J connectivity index is 1.87. The van der Waals surface area contributed by atoms with Gasteiger partial charge in [-0.25, -0.2) is 0 Å². The van der Waals surface area contributed by atoms with Crippen LogP contribution in [0.25, 0.3) is 38.8 Å². The van der Waals surface area contributed by atoms with E-state index in [0.717, 1.165) is 44.5 Å². The Labute approximate surface area is 152 Å². The van der Waals surface area contributed by atoms with Crippen LogP contribution in [0.4, 0.5) is 0 Å². The van der Waals surface area contributed by atoms with E-state index in [-0.39, 0.29) is 0 Å². The summed E-state index contributed by atoms with van der Waals surface area (Å²) in [7, 11) is 0. The Morgan fingerprint density at radius 3 is 2.73 bits per heavy atom. The lowest BCUT2D eigenvalue weighted by Gasteiger charge is -2.08. The molecule has 4 aromatic rings. The summed E-state index contributed by atoms with van der Waals surface area (Å²) in [6.45, 7) is 4.06. The standard InChI is InChI=1S/C23H19N3/c1-4-8-15(3)18(5-2)16-11-12-21-19(13-16)23(26-25-21)22-14-17-9-6-7-10-20(17)24-22/h1,5-14,24H,2-3H3,(H,25,26)/b15-8-,18-5+. The number of nitrogens with zero attached hydrogens (tertiary/aromatic N) is 1. The van der Waals surface area contributed by atoms with Gasteiger partial charge in [0.25, 0.3) is 0 Å². The summed E-state index contributed by atoms with van der Waals surface area (Å²) in [5.41, 5.74) is 7.38. The smallest absolute Gasteiger partial charge is 0.116 e. The third-order valence-corrected chi connectivity index (χ3v) is 4.67. The molecule has 0 radical (unpaired) electrons. The van der Waals surface area contributed by atoms with E-state index in [0.29, 0.717) is 0 Å². The number of rotatable bonds is 3. The quantitative estimate of drug-likeness (QED) is 0.366. The maximum atomic E-state index is 5.44. The van der Waals surface area contributed by atoms with Gasteiger partial charge in [0.15, 0.2) is 0 Å². The minimum Gasteiger partial charge on any atom is -0.353 e. The molecule has 0 aliphatic carbocycles. The summed E-state index contributed by atoms with van der Waals surface area (Å²) in [6.07, 6.45) is 9.33. The lowest BCUT2D eigenvalue weighted by Crippen LogP contribution is -1.87. The molecule has 0 bridgehead atoms. The van der Waals surface area contributed by atoms with E-state index in [4.69, 9.17) is 6.42 Å². The highest BCUT2D eigenvalue weighted by Gasteiger charge is 2.13. The number of nitrogens with one attached hydrogen (secondary N) is 2. The second kappa shape index (κ2) is 6.42. The number of fused-ring (bicyclic) bond motifs is 2. The fourth-order valence-corrected chi connectivity index (χ4v) is 3.41. The molecule has 2 aromatic heterocycles. The van der Waals surface area contributed by atoms with Crippen molar-refractivity contribution in [1.82, 2.24) is 15.2 Å². The molecule has 2 aromatic carbocycles. The highest BCUT2D eigenvalue weighted by molar-refractivity contribution is 5.97. The van der Waals surface area contributed by atoms with Gasteiger partial charge in [0, 0.05) is 16.3 Å². The molecule has 0 spiro atoms. The van der Waals surface area contributed by atoms with Crippen molar-refractivity contribution >= 4 is 27.4 Å². The fourth-order valence-electron chi connectivity index (χ4n) is 3.41. The Bertz CT molecular complexity index is 1180. The van der Waals surface area contributed by atoms with Crippen molar-refractivity contribution in [3.63, 3.8) is 0 Å². The molecule has 0 unspecified atom stereocenters. The van der Waals surface area contributed by atoms with Crippen molar-refractivity contribution in [3.05, 3.63) is 71.8 Å². The van der Waals surface area contributed by atoms with Gasteiger partial charge in [0.2, 0.25) is 0 Å². The first-order valence-corrected chi connectivity index (χ1v) is 8.57. The van der Waals surface area contributed by atoms with Gasteiger partial charge in [0.1, 0.15) is 5.69 Å². The van der Waals surface area contributed by atoms with Gasteiger partial charge in [0.05, 0.1) is 11.2 Å². The van der Waals surface area contributed by atoms with Crippen LogP contribution in [0, 0.1) is 12.3 Å². The first-order chi connectivity index (χ1) is 12.7. The summed E-state index contributed by atoms with van der Waals surface area (Å²) in [5, 5.41) is 9.94. The summed E-state index contributed by atoms with van der Waals surface area (Å²) >= 11 is 0. The van der Waals surface area contributed by atoms with E-state index >= 15 is 0 Å². The second-order valence-electron chi connectivity index (χ2n) is 6.30. The highest BCUT2D eigenvalue weighted by atomic mass is 15.1. The number of hydrogen-bond acceptors (Lipinski definition) is 1. The van der Waals surface area contributed by atoms with Gasteiger partial charge in [-0.1, -0.05) is 36.3 Å². The number of aromatic amines is 2. The van der Waals surface area contributed by atoms with Crippen LogP contribution >= 0.6 is 0 Å². The minimum absolute atomic E-state index is 0.923. The summed E-state index contributed by atoms with van der Waals surface area (Å²) in [4.78, 5) is 3.46. The molecule has 0 aliphatic rings. The first kappa shape index (κ1) is 16.0. The van der Waals surface area contributed by atoms with Crippen molar-refractivity contribution in [1.29, 1.82) is 0 Å². The molecule has 0 fully saturated rings. The predicted octanol–water partition coefficient (Wildman–Crippen LogP) is 5.69. The monoisotopic (exact) mass is 337 g/mol. The average molecular weight is 337 g/mol. The van der Waals surface area contributed by atoms with Crippen molar-refractivity contribution in [2.45, 2.75) is 13.8 Å². The molecule has 4 rings (SSSR count). The normalized spacial score (nSPS) is 12.7. The molecule has 2 N–H and O–H groups in total. The van der Waals surface area contributed by atoms with Crippen LogP contribution in [0.5, 0.6) is 0 Å². The first-order valence-electron chi connectivity index (χ1n) is 8.57. The van der Waals surface area contributed by atoms with Gasteiger partial charge in [-0.2, -0.15) is 5.10 Å². The van der Waals surface area contributed by atoms with E-state index in [1.165, 1.54) is 5.39 Å². The fraction of sp³-hybridized carbons (Fsp3) is 0.0870. The molecule has 126 valence electrons. The van der Waals surface area contributed by atoms with Crippen LogP contribution in [-0.2, 0) is 0 Å². The topological polar surface area (TPSA) is 44.5 Å². The Morgan fingerprint density at radius 2 is 1.96 bits per heavy atom. The number of hydrogen-bond donors (Lipinski definition) is 2. The molecule has 0 saturated heterocycles. The van der Waals surface area contributed by atoms with Crippen LogP contribution in [0.15, 0.2) is 66.3 Å². The number of terminal acetylenes is 1. The predicted molar refractivity (Wildman–Crippen MR) is 110 cm³/mol. The lowest BCUT2D eigenvalue weighted by atomic mass is 9.96. The number of aromatic nitrogens is 3. The zero-order valence-corrected chi connectivity index (χ0v) is 14.8. The summed E-state index contributed by atoms with van der Waals surface area (Å²) in [5.74, 6) is 2.61. The number of allylic oxidation sites excluding steroid dienone is 4. The summed E-state index contributed by atoms with van der Waals surface area (Å²) < 4.78 is 0. The molecule has 2 heterocycles. The second-order valence-corrected chi connectivity index (χ2v) is 6.30. The van der Waals surface area contributed by atoms with Gasteiger partial charge in [-0.05, 0) is 60.9 Å². The average Bonchev–Trinajstić information content (AvgIpc) is 3.25. The van der Waals surface area contributed by atoms with E-state index in [2.05, 4.69) is 63.6 Å². The molecule has 0 atom stereocenters. The maximum Gasteiger partial charge on any atom is 0.116 e. The minimum atomic E-state index is 0.923. The number of para-hydroxylation sites is 1. The van der Waals surface area contributed by atoms with E-state index in [1.807, 2.05) is 26.0 Å². The molecule has 0 saturated carbocycles. The maximum absolute atomic E-state index is 5.44. The van der Waals surface area contributed by atoms with Gasteiger partial charge in [-0.15, -0.1) is 6.42 Å². The third-order valence-electron chi connectivity index (χ3n) is 4.67. The van der Waals surface area contributed by atoms with E-state index < -0.39 is 0 Å². The molecular formula is C23H19N3. The molecular weight excluding hydrogens is 318 g/mol. The van der Waals surface area contributed by atoms with Crippen molar-refractivity contribution in [2.24, 2.45) is 0 Å². The van der Waals surface area contributed by atoms with Crippen LogP contribution < -0.4 is 0 Å². The Hall–Kier alpha value is -3.51. The zero-order chi connectivity index (χ0) is 18.1. The number of benzene rings is 2. The van der Waals surface area contributed by atoms with Crippen LogP contribution in [-0.4, -0.2) is 15.2 Å². The van der Waals surface area contributed by atoms with Crippen LogP contribution in [0.1, 0.15) is 19.4 Å². The van der Waals surface area contributed by atoms with Crippen LogP contribution in [0.2, 0.25) is 0 Å².